The average molecular weight is 257 g/mol. The Morgan fingerprint density at radius 1 is 1.20 bits per heavy atom. The molecule has 0 spiro atoms. The van der Waals surface area contributed by atoms with Gasteiger partial charge in [-0.25, -0.2) is 0 Å². The molecule has 0 aliphatic rings. The fourth-order valence-electron chi connectivity index (χ4n) is 1.22. The summed E-state index contributed by atoms with van der Waals surface area (Å²) in [6, 6.07) is 11.3. The minimum atomic E-state index is -0.979. The molecule has 1 nitrogen and oxygen atoms in total. The van der Waals surface area contributed by atoms with Gasteiger partial charge in [-0.1, -0.05) is 35.9 Å². The molecule has 0 saturated heterocycles. The smallest absolute Gasteiger partial charge is 0.0913 e. The van der Waals surface area contributed by atoms with Gasteiger partial charge in [0.15, 0.2) is 0 Å². The van der Waals surface area contributed by atoms with Crippen LogP contribution in [0.3, 0.4) is 0 Å². The average Bonchev–Trinajstić information content (AvgIpc) is 2.74. The lowest BCUT2D eigenvalue weighted by molar-refractivity contribution is 0.684. The lowest BCUT2D eigenvalue weighted by atomic mass is 10.2. The van der Waals surface area contributed by atoms with E-state index in [4.69, 9.17) is 11.6 Å². The maximum atomic E-state index is 11.9. The number of thiophene rings is 1. The Balaban J connectivity index is 2.17. The lowest BCUT2D eigenvalue weighted by Gasteiger charge is -2.02. The van der Waals surface area contributed by atoms with E-state index in [2.05, 4.69) is 0 Å². The monoisotopic (exact) mass is 256 g/mol. The maximum Gasteiger partial charge on any atom is 0.0913 e. The summed E-state index contributed by atoms with van der Waals surface area (Å²) < 4.78 is 12.8. The third kappa shape index (κ3) is 2.68. The van der Waals surface area contributed by atoms with Crippen molar-refractivity contribution >= 4 is 33.7 Å². The van der Waals surface area contributed by atoms with E-state index < -0.39 is 10.8 Å². The molecule has 0 amide bonds. The molecule has 1 heterocycles. The third-order valence-electron chi connectivity index (χ3n) is 1.96. The van der Waals surface area contributed by atoms with Crippen molar-refractivity contribution in [2.45, 2.75) is 9.96 Å². The summed E-state index contributed by atoms with van der Waals surface area (Å²) in [6.45, 7) is 0. The molecule has 78 valence electrons. The molecule has 0 unspecified atom stereocenters. The van der Waals surface area contributed by atoms with Gasteiger partial charge in [-0.2, -0.15) is 0 Å². The van der Waals surface area contributed by atoms with E-state index in [0.717, 1.165) is 9.77 Å². The third-order valence-corrected chi connectivity index (χ3v) is 5.00. The zero-order valence-corrected chi connectivity index (χ0v) is 10.2. The second kappa shape index (κ2) is 4.92. The first-order valence-corrected chi connectivity index (χ1v) is 7.00. The Morgan fingerprint density at radius 3 is 2.67 bits per heavy atom. The predicted molar refractivity (Wildman–Crippen MR) is 65.9 cm³/mol. The highest BCUT2D eigenvalue weighted by atomic mass is 35.5. The van der Waals surface area contributed by atoms with Gasteiger partial charge in [0.2, 0.25) is 0 Å². The highest BCUT2D eigenvalue weighted by Gasteiger charge is 2.07. The molecule has 1 atom stereocenters. The molecule has 2 aromatic rings. The first kappa shape index (κ1) is 10.9. The van der Waals surface area contributed by atoms with E-state index in [1.54, 1.807) is 0 Å². The van der Waals surface area contributed by atoms with Crippen LogP contribution >= 0.6 is 22.9 Å². The highest BCUT2D eigenvalue weighted by Crippen LogP contribution is 2.21. The van der Waals surface area contributed by atoms with Crippen LogP contribution in [0.4, 0.5) is 0 Å². The lowest BCUT2D eigenvalue weighted by Crippen LogP contribution is -1.94. The first-order chi connectivity index (χ1) is 7.27. The van der Waals surface area contributed by atoms with Gasteiger partial charge in [0.05, 0.1) is 20.8 Å². The Kier molecular flexibility index (Phi) is 3.57. The van der Waals surface area contributed by atoms with Gasteiger partial charge in [0.1, 0.15) is 0 Å². The molecule has 0 radical (unpaired) electrons. The Morgan fingerprint density at radius 2 is 2.00 bits per heavy atom. The number of hydrogen-bond acceptors (Lipinski definition) is 2. The molecule has 0 bridgehead atoms. The standard InChI is InChI=1S/C11H9ClOS2/c12-10-5-2-1-4-9(10)8-15(13)11-6-3-7-14-11/h1-7H,8H2/t15-/m1/s1. The van der Waals surface area contributed by atoms with Crippen molar-refractivity contribution < 1.29 is 4.21 Å². The van der Waals surface area contributed by atoms with Crippen molar-refractivity contribution in [2.24, 2.45) is 0 Å². The molecule has 1 aromatic heterocycles. The van der Waals surface area contributed by atoms with Crippen molar-refractivity contribution in [1.82, 2.24) is 0 Å². The number of hydrogen-bond donors (Lipinski definition) is 0. The molecule has 2 rings (SSSR count). The molecular weight excluding hydrogens is 248 g/mol. The van der Waals surface area contributed by atoms with Crippen LogP contribution < -0.4 is 0 Å². The molecule has 4 heteroatoms. The van der Waals surface area contributed by atoms with Gasteiger partial charge in [0.25, 0.3) is 0 Å². The Bertz CT molecular complexity index is 465. The Hall–Kier alpha value is -0.640. The first-order valence-electron chi connectivity index (χ1n) is 4.42. The van der Waals surface area contributed by atoms with Crippen LogP contribution in [0.15, 0.2) is 46.0 Å². The normalized spacial score (nSPS) is 12.6. The van der Waals surface area contributed by atoms with Crippen molar-refractivity contribution in [2.75, 3.05) is 0 Å². The van der Waals surface area contributed by atoms with Crippen LogP contribution in [-0.2, 0) is 16.6 Å². The highest BCUT2D eigenvalue weighted by molar-refractivity contribution is 7.86. The van der Waals surface area contributed by atoms with Crippen LogP contribution in [0.25, 0.3) is 0 Å². The number of halogens is 1. The minimum absolute atomic E-state index is 0.486. The van der Waals surface area contributed by atoms with E-state index in [9.17, 15) is 4.21 Å². The van der Waals surface area contributed by atoms with Crippen molar-refractivity contribution in [1.29, 1.82) is 0 Å². The zero-order chi connectivity index (χ0) is 10.7. The van der Waals surface area contributed by atoms with Crippen LogP contribution in [0.2, 0.25) is 5.02 Å². The molecule has 15 heavy (non-hydrogen) atoms. The van der Waals surface area contributed by atoms with Gasteiger partial charge in [-0.05, 0) is 23.1 Å². The molecule has 0 aliphatic heterocycles. The second-order valence-corrected chi connectivity index (χ2v) is 6.05. The van der Waals surface area contributed by atoms with Crippen LogP contribution in [-0.4, -0.2) is 4.21 Å². The summed E-state index contributed by atoms with van der Waals surface area (Å²) in [4.78, 5) is 0. The summed E-state index contributed by atoms with van der Waals surface area (Å²) in [7, 11) is -0.979. The summed E-state index contributed by atoms with van der Waals surface area (Å²) in [5.74, 6) is 0.486. The van der Waals surface area contributed by atoms with E-state index in [1.807, 2.05) is 41.8 Å². The van der Waals surface area contributed by atoms with Crippen molar-refractivity contribution in [3.63, 3.8) is 0 Å². The zero-order valence-electron chi connectivity index (χ0n) is 7.85. The summed E-state index contributed by atoms with van der Waals surface area (Å²) in [6.07, 6.45) is 0. The minimum Gasteiger partial charge on any atom is -0.253 e. The van der Waals surface area contributed by atoms with Crippen LogP contribution in [0.1, 0.15) is 5.56 Å². The van der Waals surface area contributed by atoms with Gasteiger partial charge < -0.3 is 0 Å². The number of benzene rings is 1. The fourth-order valence-corrected chi connectivity index (χ4v) is 3.63. The maximum absolute atomic E-state index is 11.9. The number of rotatable bonds is 3. The fraction of sp³-hybridized carbons (Fsp3) is 0.0909. The second-order valence-electron chi connectivity index (χ2n) is 3.01. The quantitative estimate of drug-likeness (QED) is 0.818. The molecule has 1 aromatic carbocycles. The van der Waals surface area contributed by atoms with E-state index in [1.165, 1.54) is 11.3 Å². The molecular formula is C11H9ClOS2. The van der Waals surface area contributed by atoms with Crippen LogP contribution in [0.5, 0.6) is 0 Å². The van der Waals surface area contributed by atoms with Crippen LogP contribution in [0, 0.1) is 0 Å². The van der Waals surface area contributed by atoms with Gasteiger partial charge in [-0.3, -0.25) is 4.21 Å². The van der Waals surface area contributed by atoms with E-state index in [-0.39, 0.29) is 0 Å². The molecule has 0 aliphatic carbocycles. The summed E-state index contributed by atoms with van der Waals surface area (Å²) in [5, 5.41) is 2.61. The SMILES string of the molecule is O=[S@](Cc1ccccc1Cl)c1cccs1. The van der Waals surface area contributed by atoms with Crippen molar-refractivity contribution in [3.8, 4) is 0 Å². The summed E-state index contributed by atoms with van der Waals surface area (Å²) >= 11 is 7.51. The van der Waals surface area contributed by atoms with Gasteiger partial charge in [0, 0.05) is 5.02 Å². The molecule has 0 N–H and O–H groups in total. The van der Waals surface area contributed by atoms with E-state index >= 15 is 0 Å². The summed E-state index contributed by atoms with van der Waals surface area (Å²) in [5.41, 5.74) is 0.936. The van der Waals surface area contributed by atoms with Gasteiger partial charge in [-0.15, -0.1) is 11.3 Å². The van der Waals surface area contributed by atoms with E-state index in [0.29, 0.717) is 10.8 Å². The van der Waals surface area contributed by atoms with Crippen molar-refractivity contribution in [3.05, 3.63) is 52.4 Å². The predicted octanol–water partition coefficient (Wildman–Crippen LogP) is 3.71. The Labute approximate surface area is 100 Å². The molecule has 0 fully saturated rings. The van der Waals surface area contributed by atoms with Gasteiger partial charge >= 0.3 is 0 Å². The largest absolute Gasteiger partial charge is 0.253 e. The molecule has 0 saturated carbocycles. The topological polar surface area (TPSA) is 17.1 Å².